The quantitative estimate of drug-likeness (QED) is 0.744. The normalized spacial score (nSPS) is 13.9. The van der Waals surface area contributed by atoms with Crippen LogP contribution in [0.1, 0.15) is 31.9 Å². The molecular weight excluding hydrogens is 380 g/mol. The van der Waals surface area contributed by atoms with E-state index >= 15 is 0 Å². The van der Waals surface area contributed by atoms with E-state index in [0.717, 1.165) is 35.7 Å². The summed E-state index contributed by atoms with van der Waals surface area (Å²) in [4.78, 5) is 28.1. The SMILES string of the molecule is COC(=O)c1c(NC(=O)CSCc2ccccc2C)sc2c1CCN(C)C2. The minimum absolute atomic E-state index is 0.0920. The number of esters is 1. The van der Waals surface area contributed by atoms with Gasteiger partial charge in [-0.15, -0.1) is 23.1 Å². The van der Waals surface area contributed by atoms with Crippen molar-refractivity contribution in [2.45, 2.75) is 25.6 Å². The second-order valence-electron chi connectivity index (χ2n) is 6.65. The first-order chi connectivity index (χ1) is 13.0. The second-order valence-corrected chi connectivity index (χ2v) is 8.75. The highest BCUT2D eigenvalue weighted by Gasteiger charge is 2.28. The molecule has 0 unspecified atom stereocenters. The van der Waals surface area contributed by atoms with Crippen molar-refractivity contribution in [1.29, 1.82) is 0 Å². The van der Waals surface area contributed by atoms with Gasteiger partial charge in [0.2, 0.25) is 5.91 Å². The van der Waals surface area contributed by atoms with Crippen molar-refractivity contribution in [1.82, 2.24) is 4.90 Å². The van der Waals surface area contributed by atoms with Crippen LogP contribution in [0.3, 0.4) is 0 Å². The van der Waals surface area contributed by atoms with Crippen LogP contribution in [0.15, 0.2) is 24.3 Å². The van der Waals surface area contributed by atoms with Crippen LogP contribution in [0.2, 0.25) is 0 Å². The number of rotatable bonds is 6. The third-order valence-electron chi connectivity index (χ3n) is 4.64. The summed E-state index contributed by atoms with van der Waals surface area (Å²) >= 11 is 3.06. The lowest BCUT2D eigenvalue weighted by Gasteiger charge is -2.22. The molecule has 0 fully saturated rings. The van der Waals surface area contributed by atoms with Gasteiger partial charge in [0.15, 0.2) is 0 Å². The van der Waals surface area contributed by atoms with Gasteiger partial charge in [0, 0.05) is 23.7 Å². The van der Waals surface area contributed by atoms with E-state index < -0.39 is 0 Å². The summed E-state index contributed by atoms with van der Waals surface area (Å²) in [5.74, 6) is 0.665. The molecule has 2 heterocycles. The number of ether oxygens (including phenoxy) is 1. The summed E-state index contributed by atoms with van der Waals surface area (Å²) in [5, 5.41) is 3.55. The van der Waals surface area contributed by atoms with Gasteiger partial charge in [-0.05, 0) is 37.1 Å². The zero-order valence-corrected chi connectivity index (χ0v) is 17.5. The summed E-state index contributed by atoms with van der Waals surface area (Å²) in [6, 6.07) is 8.19. The minimum Gasteiger partial charge on any atom is -0.465 e. The molecule has 1 amide bonds. The number of likely N-dealkylation sites (N-methyl/N-ethyl adjacent to an activating group) is 1. The van der Waals surface area contributed by atoms with E-state index in [9.17, 15) is 9.59 Å². The van der Waals surface area contributed by atoms with Crippen LogP contribution in [0.4, 0.5) is 5.00 Å². The van der Waals surface area contributed by atoms with Gasteiger partial charge < -0.3 is 15.0 Å². The van der Waals surface area contributed by atoms with Gasteiger partial charge in [-0.3, -0.25) is 4.79 Å². The third-order valence-corrected chi connectivity index (χ3v) is 6.76. The zero-order valence-electron chi connectivity index (χ0n) is 15.8. The standard InChI is InChI=1S/C20H24N2O3S2/c1-13-6-4-5-7-14(13)11-26-12-17(23)21-19-18(20(24)25-3)15-8-9-22(2)10-16(15)27-19/h4-7H,8-12H2,1-3H3,(H,21,23). The molecule has 5 nitrogen and oxygen atoms in total. The Morgan fingerprint density at radius 2 is 2.11 bits per heavy atom. The molecule has 0 atom stereocenters. The maximum absolute atomic E-state index is 12.4. The van der Waals surface area contributed by atoms with Crippen LogP contribution < -0.4 is 5.32 Å². The summed E-state index contributed by atoms with van der Waals surface area (Å²) in [6.07, 6.45) is 0.796. The highest BCUT2D eigenvalue weighted by molar-refractivity contribution is 7.99. The predicted molar refractivity (Wildman–Crippen MR) is 112 cm³/mol. The molecule has 1 aliphatic heterocycles. The average Bonchev–Trinajstić information content (AvgIpc) is 2.99. The van der Waals surface area contributed by atoms with Crippen molar-refractivity contribution in [3.8, 4) is 0 Å². The molecule has 144 valence electrons. The van der Waals surface area contributed by atoms with Crippen LogP contribution in [0.5, 0.6) is 0 Å². The molecule has 27 heavy (non-hydrogen) atoms. The molecule has 1 aromatic heterocycles. The van der Waals surface area contributed by atoms with E-state index in [4.69, 9.17) is 4.74 Å². The number of aryl methyl sites for hydroxylation is 1. The summed E-state index contributed by atoms with van der Waals surface area (Å²) in [5.41, 5.74) is 4.02. The fourth-order valence-corrected chi connectivity index (χ4v) is 5.36. The lowest BCUT2D eigenvalue weighted by Crippen LogP contribution is -2.26. The van der Waals surface area contributed by atoms with Gasteiger partial charge in [-0.2, -0.15) is 0 Å². The Balaban J connectivity index is 1.66. The third kappa shape index (κ3) is 4.72. The van der Waals surface area contributed by atoms with Crippen molar-refractivity contribution in [2.75, 3.05) is 31.8 Å². The average molecular weight is 405 g/mol. The van der Waals surface area contributed by atoms with Crippen molar-refractivity contribution in [3.63, 3.8) is 0 Å². The number of thiophene rings is 1. The molecule has 1 N–H and O–H groups in total. The van der Waals surface area contributed by atoms with E-state index in [-0.39, 0.29) is 11.9 Å². The number of benzene rings is 1. The van der Waals surface area contributed by atoms with E-state index in [1.165, 1.54) is 29.6 Å². The molecule has 1 aromatic carbocycles. The number of amides is 1. The Morgan fingerprint density at radius 3 is 2.85 bits per heavy atom. The molecule has 0 spiro atoms. The van der Waals surface area contributed by atoms with Gasteiger partial charge in [-0.1, -0.05) is 24.3 Å². The largest absolute Gasteiger partial charge is 0.465 e. The number of fused-ring (bicyclic) bond motifs is 1. The highest BCUT2D eigenvalue weighted by Crippen LogP contribution is 2.37. The van der Waals surface area contributed by atoms with Gasteiger partial charge >= 0.3 is 5.97 Å². The number of nitrogens with zero attached hydrogens (tertiary/aromatic N) is 1. The van der Waals surface area contributed by atoms with Gasteiger partial charge in [0.05, 0.1) is 18.4 Å². The van der Waals surface area contributed by atoms with Crippen molar-refractivity contribution in [2.24, 2.45) is 0 Å². The second kappa shape index (κ2) is 8.91. The molecule has 2 aromatic rings. The number of carbonyl (C=O) groups excluding carboxylic acids is 2. The predicted octanol–water partition coefficient (Wildman–Crippen LogP) is 3.70. The van der Waals surface area contributed by atoms with Gasteiger partial charge in [0.25, 0.3) is 0 Å². The number of thioether (sulfide) groups is 1. The van der Waals surface area contributed by atoms with Gasteiger partial charge in [0.1, 0.15) is 5.00 Å². The number of methoxy groups -OCH3 is 1. The monoisotopic (exact) mass is 404 g/mol. The van der Waals surface area contributed by atoms with Crippen molar-refractivity contribution in [3.05, 3.63) is 51.4 Å². The Morgan fingerprint density at radius 1 is 1.33 bits per heavy atom. The maximum atomic E-state index is 12.4. The molecule has 0 aliphatic carbocycles. The van der Waals surface area contributed by atoms with Crippen LogP contribution in [0, 0.1) is 6.92 Å². The minimum atomic E-state index is -0.375. The zero-order chi connectivity index (χ0) is 19.4. The van der Waals surface area contributed by atoms with Crippen LogP contribution in [0.25, 0.3) is 0 Å². The summed E-state index contributed by atoms with van der Waals surface area (Å²) < 4.78 is 4.96. The van der Waals surface area contributed by atoms with Crippen LogP contribution in [-0.2, 0) is 28.2 Å². The van der Waals surface area contributed by atoms with E-state index in [0.29, 0.717) is 16.3 Å². The highest BCUT2D eigenvalue weighted by atomic mass is 32.2. The van der Waals surface area contributed by atoms with E-state index in [1.807, 2.05) is 12.1 Å². The Labute approximate surface area is 168 Å². The molecule has 3 rings (SSSR count). The Bertz CT molecular complexity index is 848. The summed E-state index contributed by atoms with van der Waals surface area (Å²) in [7, 11) is 3.44. The Kier molecular flexibility index (Phi) is 6.57. The molecular formula is C20H24N2O3S2. The molecule has 1 aliphatic rings. The number of anilines is 1. The molecule has 0 radical (unpaired) electrons. The van der Waals surface area contributed by atoms with Crippen molar-refractivity contribution >= 4 is 40.0 Å². The van der Waals surface area contributed by atoms with E-state index in [2.05, 4.69) is 36.3 Å². The molecule has 0 saturated heterocycles. The molecule has 7 heteroatoms. The van der Waals surface area contributed by atoms with Crippen molar-refractivity contribution < 1.29 is 14.3 Å². The lowest BCUT2D eigenvalue weighted by molar-refractivity contribution is -0.113. The fraction of sp³-hybridized carbons (Fsp3) is 0.400. The first-order valence-electron chi connectivity index (χ1n) is 8.83. The maximum Gasteiger partial charge on any atom is 0.341 e. The van der Waals surface area contributed by atoms with Crippen LogP contribution >= 0.6 is 23.1 Å². The number of hydrogen-bond acceptors (Lipinski definition) is 6. The number of hydrogen-bond donors (Lipinski definition) is 1. The fourth-order valence-electron chi connectivity index (χ4n) is 3.13. The first-order valence-corrected chi connectivity index (χ1v) is 10.8. The van der Waals surface area contributed by atoms with E-state index in [1.54, 1.807) is 11.8 Å². The smallest absolute Gasteiger partial charge is 0.341 e. The molecule has 0 bridgehead atoms. The van der Waals surface area contributed by atoms with Gasteiger partial charge in [-0.25, -0.2) is 4.79 Å². The lowest BCUT2D eigenvalue weighted by atomic mass is 10.0. The molecule has 0 saturated carbocycles. The number of carbonyl (C=O) groups is 2. The Hall–Kier alpha value is -1.83. The first kappa shape index (κ1) is 19.9. The number of nitrogens with one attached hydrogen (secondary N) is 1. The van der Waals surface area contributed by atoms with Crippen LogP contribution in [-0.4, -0.2) is 43.2 Å². The topological polar surface area (TPSA) is 58.6 Å². The summed E-state index contributed by atoms with van der Waals surface area (Å²) in [6.45, 7) is 3.76.